The summed E-state index contributed by atoms with van der Waals surface area (Å²) in [6, 6.07) is 0. The van der Waals surface area contributed by atoms with Crippen molar-refractivity contribution >= 4 is 6.09 Å². The minimum atomic E-state index is -0.448. The number of likely N-dealkylation sites (tertiary alicyclic amines) is 1. The topological polar surface area (TPSA) is 49.8 Å². The second-order valence-electron chi connectivity index (χ2n) is 8.77. The van der Waals surface area contributed by atoms with Crippen LogP contribution in [0.5, 0.6) is 0 Å². The van der Waals surface area contributed by atoms with Crippen LogP contribution in [0.1, 0.15) is 60.8 Å². The maximum atomic E-state index is 12.3. The highest BCUT2D eigenvalue weighted by molar-refractivity contribution is 5.68. The maximum absolute atomic E-state index is 12.3. The van der Waals surface area contributed by atoms with E-state index in [0.717, 1.165) is 32.4 Å². The van der Waals surface area contributed by atoms with Crippen LogP contribution in [0.15, 0.2) is 0 Å². The minimum absolute atomic E-state index is 0.0764. The lowest BCUT2D eigenvalue weighted by Gasteiger charge is -2.57. The molecular formula is C17H31NO3. The zero-order chi connectivity index (χ0) is 16.1. The fraction of sp³-hybridized carbons (Fsp3) is 0.941. The van der Waals surface area contributed by atoms with Gasteiger partial charge in [-0.05, 0) is 56.8 Å². The number of nitrogens with zero attached hydrogens (tertiary/aromatic N) is 1. The number of rotatable bonds is 0. The third kappa shape index (κ3) is 3.20. The van der Waals surface area contributed by atoms with E-state index in [4.69, 9.17) is 4.74 Å². The smallest absolute Gasteiger partial charge is 0.410 e. The first kappa shape index (κ1) is 16.6. The number of carbonyl (C=O) groups excluding carboxylic acids is 1. The number of piperidine rings is 1. The molecule has 1 amide bonds. The second-order valence-corrected chi connectivity index (χ2v) is 8.77. The molecule has 0 bridgehead atoms. The Morgan fingerprint density at radius 2 is 1.86 bits per heavy atom. The summed E-state index contributed by atoms with van der Waals surface area (Å²) in [5.41, 5.74) is -0.443. The number of amides is 1. The van der Waals surface area contributed by atoms with Gasteiger partial charge in [0.2, 0.25) is 0 Å². The van der Waals surface area contributed by atoms with Gasteiger partial charge in [-0.3, -0.25) is 0 Å². The van der Waals surface area contributed by atoms with Gasteiger partial charge in [0.1, 0.15) is 5.60 Å². The fourth-order valence-electron chi connectivity index (χ4n) is 4.34. The van der Waals surface area contributed by atoms with Gasteiger partial charge in [0.25, 0.3) is 0 Å². The van der Waals surface area contributed by atoms with Crippen LogP contribution in [0.2, 0.25) is 0 Å². The van der Waals surface area contributed by atoms with Gasteiger partial charge in [-0.1, -0.05) is 20.8 Å². The van der Waals surface area contributed by atoms with Crippen molar-refractivity contribution in [2.24, 2.45) is 16.7 Å². The fourth-order valence-corrected chi connectivity index (χ4v) is 4.34. The Labute approximate surface area is 128 Å². The van der Waals surface area contributed by atoms with E-state index >= 15 is 0 Å². The molecule has 1 heterocycles. The van der Waals surface area contributed by atoms with E-state index in [0.29, 0.717) is 5.92 Å². The highest BCUT2D eigenvalue weighted by atomic mass is 16.6. The van der Waals surface area contributed by atoms with Crippen molar-refractivity contribution in [1.29, 1.82) is 0 Å². The predicted molar refractivity (Wildman–Crippen MR) is 83.0 cm³/mol. The van der Waals surface area contributed by atoms with E-state index in [1.54, 1.807) is 0 Å². The van der Waals surface area contributed by atoms with Crippen molar-refractivity contribution in [2.45, 2.75) is 72.5 Å². The van der Waals surface area contributed by atoms with Gasteiger partial charge in [-0.25, -0.2) is 4.79 Å². The number of ether oxygens (including phenoxy) is 1. The van der Waals surface area contributed by atoms with Crippen LogP contribution in [0, 0.1) is 16.7 Å². The average molecular weight is 297 g/mol. The molecule has 1 saturated carbocycles. The van der Waals surface area contributed by atoms with E-state index < -0.39 is 5.60 Å². The molecule has 0 unspecified atom stereocenters. The zero-order valence-corrected chi connectivity index (χ0v) is 14.4. The summed E-state index contributed by atoms with van der Waals surface area (Å²) in [6.45, 7) is 13.8. The third-order valence-electron chi connectivity index (χ3n) is 5.48. The number of hydrogen-bond donors (Lipinski definition) is 1. The quantitative estimate of drug-likeness (QED) is 0.745. The average Bonchev–Trinajstić information content (AvgIpc) is 2.32. The van der Waals surface area contributed by atoms with Gasteiger partial charge in [0, 0.05) is 13.1 Å². The zero-order valence-electron chi connectivity index (χ0n) is 14.4. The van der Waals surface area contributed by atoms with Gasteiger partial charge in [0.15, 0.2) is 0 Å². The molecule has 21 heavy (non-hydrogen) atoms. The molecule has 4 nitrogen and oxygen atoms in total. The summed E-state index contributed by atoms with van der Waals surface area (Å²) in [5, 5.41) is 10.3. The van der Waals surface area contributed by atoms with Gasteiger partial charge in [-0.2, -0.15) is 0 Å². The highest BCUT2D eigenvalue weighted by Crippen LogP contribution is 2.54. The van der Waals surface area contributed by atoms with Crippen LogP contribution in [0.3, 0.4) is 0 Å². The summed E-state index contributed by atoms with van der Waals surface area (Å²) in [7, 11) is 0. The number of aliphatic hydroxyl groups excluding tert-OH is 1. The maximum Gasteiger partial charge on any atom is 0.410 e. The number of fused-ring (bicyclic) bond motifs is 1. The molecule has 4 heteroatoms. The number of hydrogen-bond acceptors (Lipinski definition) is 3. The molecule has 1 aliphatic carbocycles. The lowest BCUT2D eigenvalue weighted by atomic mass is 9.53. The Hall–Kier alpha value is -0.770. The van der Waals surface area contributed by atoms with Gasteiger partial charge < -0.3 is 14.7 Å². The van der Waals surface area contributed by atoms with Crippen LogP contribution in [-0.2, 0) is 4.74 Å². The Morgan fingerprint density at radius 3 is 2.43 bits per heavy atom. The molecule has 1 saturated heterocycles. The molecule has 0 aromatic heterocycles. The Kier molecular flexibility index (Phi) is 4.07. The Bertz CT molecular complexity index is 413. The molecule has 2 aliphatic rings. The largest absolute Gasteiger partial charge is 0.444 e. The molecular weight excluding hydrogens is 266 g/mol. The van der Waals surface area contributed by atoms with Crippen LogP contribution < -0.4 is 0 Å². The van der Waals surface area contributed by atoms with Crippen molar-refractivity contribution in [3.8, 4) is 0 Å². The molecule has 2 rings (SSSR count). The summed E-state index contributed by atoms with van der Waals surface area (Å²) in [6.07, 6.45) is 2.30. The summed E-state index contributed by atoms with van der Waals surface area (Å²) >= 11 is 0. The standard InChI is InChI=1S/C17H31NO3/c1-15(2,3)21-14(20)18-10-8-12-16(4,5)13(19)7-9-17(12,6)11-18/h12-13,19H,7-11H2,1-6H3/t12-,13+,17-/m1/s1. The first-order valence-corrected chi connectivity index (χ1v) is 8.12. The summed E-state index contributed by atoms with van der Waals surface area (Å²) in [5.74, 6) is 0.451. The normalized spacial score (nSPS) is 36.0. The van der Waals surface area contributed by atoms with E-state index in [1.165, 1.54) is 0 Å². The van der Waals surface area contributed by atoms with Crippen molar-refractivity contribution in [3.63, 3.8) is 0 Å². The van der Waals surface area contributed by atoms with Gasteiger partial charge >= 0.3 is 6.09 Å². The molecule has 0 aromatic carbocycles. The van der Waals surface area contributed by atoms with E-state index in [-0.39, 0.29) is 23.0 Å². The SMILES string of the molecule is CC(C)(C)OC(=O)N1CC[C@@H]2C(C)(C)[C@@H](O)CC[C@]2(C)C1. The molecule has 122 valence electrons. The van der Waals surface area contributed by atoms with Crippen molar-refractivity contribution in [2.75, 3.05) is 13.1 Å². The second kappa shape index (κ2) is 5.15. The number of aliphatic hydroxyl groups is 1. The van der Waals surface area contributed by atoms with Crippen LogP contribution >= 0.6 is 0 Å². The third-order valence-corrected chi connectivity index (χ3v) is 5.48. The first-order valence-electron chi connectivity index (χ1n) is 8.12. The Balaban J connectivity index is 2.11. The van der Waals surface area contributed by atoms with E-state index in [1.807, 2.05) is 25.7 Å². The van der Waals surface area contributed by atoms with Crippen molar-refractivity contribution in [1.82, 2.24) is 4.90 Å². The lowest BCUT2D eigenvalue weighted by molar-refractivity contribution is -0.125. The van der Waals surface area contributed by atoms with Crippen molar-refractivity contribution in [3.05, 3.63) is 0 Å². The monoisotopic (exact) mass is 297 g/mol. The minimum Gasteiger partial charge on any atom is -0.444 e. The molecule has 0 spiro atoms. The molecule has 3 atom stereocenters. The predicted octanol–water partition coefficient (Wildman–Crippen LogP) is 3.43. The van der Waals surface area contributed by atoms with Crippen LogP contribution in [-0.4, -0.2) is 40.9 Å². The van der Waals surface area contributed by atoms with E-state index in [9.17, 15) is 9.90 Å². The molecule has 0 aromatic rings. The van der Waals surface area contributed by atoms with Gasteiger partial charge in [-0.15, -0.1) is 0 Å². The summed E-state index contributed by atoms with van der Waals surface area (Å²) < 4.78 is 5.51. The molecule has 1 aliphatic heterocycles. The number of carbonyl (C=O) groups is 1. The molecule has 0 radical (unpaired) electrons. The lowest BCUT2D eigenvalue weighted by Crippen LogP contribution is -2.59. The van der Waals surface area contributed by atoms with Gasteiger partial charge in [0.05, 0.1) is 6.10 Å². The van der Waals surface area contributed by atoms with Crippen molar-refractivity contribution < 1.29 is 14.6 Å². The molecule has 1 N–H and O–H groups in total. The molecule has 2 fully saturated rings. The highest BCUT2D eigenvalue weighted by Gasteiger charge is 2.53. The Morgan fingerprint density at radius 1 is 1.24 bits per heavy atom. The first-order chi connectivity index (χ1) is 9.46. The summed E-state index contributed by atoms with van der Waals surface area (Å²) in [4.78, 5) is 14.2. The van der Waals surface area contributed by atoms with Crippen LogP contribution in [0.25, 0.3) is 0 Å². The van der Waals surface area contributed by atoms with Crippen LogP contribution in [0.4, 0.5) is 4.79 Å². The van der Waals surface area contributed by atoms with E-state index in [2.05, 4.69) is 20.8 Å².